The summed E-state index contributed by atoms with van der Waals surface area (Å²) in [7, 11) is 0. The van der Waals surface area contributed by atoms with E-state index in [0.717, 1.165) is 5.56 Å². The fourth-order valence-electron chi connectivity index (χ4n) is 1.23. The number of benzene rings is 1. The molecule has 0 fully saturated rings. The minimum Gasteiger partial charge on any atom is -0.481 e. The Bertz CT molecular complexity index is 407. The number of carboxylic acids is 1. The van der Waals surface area contributed by atoms with Crippen LogP contribution >= 0.6 is 0 Å². The van der Waals surface area contributed by atoms with Crippen LogP contribution in [0.5, 0.6) is 0 Å². The molecule has 0 saturated heterocycles. The molecule has 0 amide bonds. The number of esters is 1. The van der Waals surface area contributed by atoms with Gasteiger partial charge < -0.3 is 25.8 Å². The van der Waals surface area contributed by atoms with Gasteiger partial charge in [-0.2, -0.15) is 0 Å². The van der Waals surface area contributed by atoms with Crippen molar-refractivity contribution in [3.63, 3.8) is 0 Å². The van der Waals surface area contributed by atoms with Gasteiger partial charge in [-0.3, -0.25) is 9.59 Å². The number of rotatable bonds is 7. The highest BCUT2D eigenvalue weighted by Crippen LogP contribution is 2.03. The lowest BCUT2D eigenvalue weighted by molar-refractivity contribution is -0.147. The van der Waals surface area contributed by atoms with Crippen LogP contribution in [0.2, 0.25) is 0 Å². The number of carboxylic acid groups (broad SMARTS) is 1. The number of ether oxygens (including phenoxy) is 1. The zero-order chi connectivity index (χ0) is 16.1. The summed E-state index contributed by atoms with van der Waals surface area (Å²) in [5, 5.41) is 23.7. The second-order valence-electron chi connectivity index (χ2n) is 4.08. The normalized spacial score (nSPS) is 11.0. The van der Waals surface area contributed by atoms with Crippen molar-refractivity contribution in [3.05, 3.63) is 35.9 Å². The molecule has 0 spiro atoms. The second-order valence-corrected chi connectivity index (χ2v) is 4.08. The Balaban J connectivity index is 0.000000885. The van der Waals surface area contributed by atoms with E-state index in [-0.39, 0.29) is 32.7 Å². The molecule has 7 nitrogen and oxygen atoms in total. The lowest BCUT2D eigenvalue weighted by Gasteiger charge is -2.10. The summed E-state index contributed by atoms with van der Waals surface area (Å²) in [6.07, 6.45) is -0.0510. The molecule has 5 N–H and O–H groups in total. The van der Waals surface area contributed by atoms with Gasteiger partial charge >= 0.3 is 11.9 Å². The summed E-state index contributed by atoms with van der Waals surface area (Å²) in [6.45, 7) is -0.0968. The third-order valence-corrected chi connectivity index (χ3v) is 2.30. The Hall–Kier alpha value is -1.96. The Labute approximate surface area is 123 Å². The van der Waals surface area contributed by atoms with Gasteiger partial charge in [0.15, 0.2) is 0 Å². The minimum atomic E-state index is -0.976. The first kappa shape index (κ1) is 19.0. The summed E-state index contributed by atoms with van der Waals surface area (Å²) >= 11 is 0. The van der Waals surface area contributed by atoms with E-state index in [1.165, 1.54) is 0 Å². The molecule has 0 aromatic heterocycles. The van der Waals surface area contributed by atoms with Crippen LogP contribution < -0.4 is 5.73 Å². The molecule has 1 unspecified atom stereocenters. The summed E-state index contributed by atoms with van der Waals surface area (Å²) in [6, 6.07) is 8.33. The average Bonchev–Trinajstić information content (AvgIpc) is 2.51. The first-order valence-electron chi connectivity index (χ1n) is 6.41. The van der Waals surface area contributed by atoms with E-state index >= 15 is 0 Å². The third-order valence-electron chi connectivity index (χ3n) is 2.30. The largest absolute Gasteiger partial charge is 0.481 e. The fraction of sp³-hybridized carbons (Fsp3) is 0.429. The van der Waals surface area contributed by atoms with E-state index in [4.69, 9.17) is 25.8 Å². The zero-order valence-corrected chi connectivity index (χ0v) is 11.6. The molecular weight excluding hydrogens is 278 g/mol. The number of nitrogens with two attached hydrogens (primary N) is 1. The maximum Gasteiger partial charge on any atom is 0.323 e. The van der Waals surface area contributed by atoms with Crippen LogP contribution in [0.15, 0.2) is 30.3 Å². The molecule has 1 aromatic carbocycles. The smallest absolute Gasteiger partial charge is 0.323 e. The van der Waals surface area contributed by atoms with Crippen molar-refractivity contribution in [1.82, 2.24) is 0 Å². The first-order valence-corrected chi connectivity index (χ1v) is 6.41. The molecule has 0 aliphatic rings. The van der Waals surface area contributed by atoms with Crippen LogP contribution in [0.1, 0.15) is 18.4 Å². The van der Waals surface area contributed by atoms with Gasteiger partial charge in [-0.05, 0) is 12.0 Å². The molecule has 0 bridgehead atoms. The molecular formula is C14H21NO6. The molecule has 118 valence electrons. The van der Waals surface area contributed by atoms with Gasteiger partial charge in [0.05, 0.1) is 13.2 Å². The number of carbonyl (C=O) groups excluding carboxylic acids is 1. The lowest BCUT2D eigenvalue weighted by Crippen LogP contribution is -2.32. The summed E-state index contributed by atoms with van der Waals surface area (Å²) in [5.41, 5.74) is 6.36. The summed E-state index contributed by atoms with van der Waals surface area (Å²) in [4.78, 5) is 21.7. The Morgan fingerprint density at radius 1 is 1.14 bits per heavy atom. The molecule has 0 aliphatic heterocycles. The van der Waals surface area contributed by atoms with E-state index in [1.54, 1.807) is 0 Å². The van der Waals surface area contributed by atoms with Crippen molar-refractivity contribution in [2.24, 2.45) is 5.73 Å². The van der Waals surface area contributed by atoms with Crippen molar-refractivity contribution in [2.75, 3.05) is 13.2 Å². The third kappa shape index (κ3) is 10.5. The molecule has 0 aliphatic carbocycles. The van der Waals surface area contributed by atoms with Crippen LogP contribution in [-0.2, 0) is 20.9 Å². The second kappa shape index (κ2) is 11.8. The van der Waals surface area contributed by atoms with Crippen molar-refractivity contribution in [3.8, 4) is 0 Å². The molecule has 1 aromatic rings. The molecule has 0 radical (unpaired) electrons. The molecule has 1 atom stereocenters. The average molecular weight is 299 g/mol. The monoisotopic (exact) mass is 299 g/mol. The zero-order valence-electron chi connectivity index (χ0n) is 11.6. The molecule has 7 heteroatoms. The quantitative estimate of drug-likeness (QED) is 0.517. The predicted molar refractivity (Wildman–Crippen MR) is 75.3 cm³/mol. The SMILES string of the molecule is NC(CCC(=O)O)C(=O)OCc1ccccc1.OCCO. The van der Waals surface area contributed by atoms with Crippen LogP contribution in [0.3, 0.4) is 0 Å². The van der Waals surface area contributed by atoms with Gasteiger partial charge in [0.1, 0.15) is 12.6 Å². The fourth-order valence-corrected chi connectivity index (χ4v) is 1.23. The maximum absolute atomic E-state index is 11.4. The molecule has 1 rings (SSSR count). The number of aliphatic hydroxyl groups is 2. The summed E-state index contributed by atoms with van der Waals surface area (Å²) in [5.74, 6) is -1.55. The van der Waals surface area contributed by atoms with Crippen molar-refractivity contribution in [1.29, 1.82) is 0 Å². The minimum absolute atomic E-state index is 0.0863. The Morgan fingerprint density at radius 2 is 1.71 bits per heavy atom. The number of carbonyl (C=O) groups is 2. The number of aliphatic hydroxyl groups excluding tert-OH is 2. The standard InChI is InChI=1S/C12H15NO4.C2H6O2/c13-10(6-7-11(14)15)12(16)17-8-9-4-2-1-3-5-9;3-1-2-4/h1-5,10H,6-8,13H2,(H,14,15);3-4H,1-2H2. The first-order chi connectivity index (χ1) is 10.0. The number of hydrogen-bond donors (Lipinski definition) is 4. The van der Waals surface area contributed by atoms with Crippen molar-refractivity contribution < 1.29 is 29.6 Å². The molecule has 0 heterocycles. The van der Waals surface area contributed by atoms with Gasteiger partial charge in [-0.15, -0.1) is 0 Å². The van der Waals surface area contributed by atoms with Gasteiger partial charge in [0.25, 0.3) is 0 Å². The topological polar surface area (TPSA) is 130 Å². The van der Waals surface area contributed by atoms with Crippen LogP contribution in [0, 0.1) is 0 Å². The Kier molecular flexibility index (Phi) is 10.7. The lowest BCUT2D eigenvalue weighted by atomic mass is 10.2. The van der Waals surface area contributed by atoms with Gasteiger partial charge in [0.2, 0.25) is 0 Å². The molecule has 21 heavy (non-hydrogen) atoms. The number of hydrogen-bond acceptors (Lipinski definition) is 6. The van der Waals surface area contributed by atoms with E-state index in [0.29, 0.717) is 0 Å². The van der Waals surface area contributed by atoms with Crippen LogP contribution in [0.4, 0.5) is 0 Å². The van der Waals surface area contributed by atoms with Gasteiger partial charge in [0, 0.05) is 6.42 Å². The highest BCUT2D eigenvalue weighted by molar-refractivity contribution is 5.76. The van der Waals surface area contributed by atoms with E-state index in [9.17, 15) is 9.59 Å². The van der Waals surface area contributed by atoms with Crippen LogP contribution in [0.25, 0.3) is 0 Å². The van der Waals surface area contributed by atoms with Crippen LogP contribution in [-0.4, -0.2) is 46.5 Å². The predicted octanol–water partition coefficient (Wildman–Crippen LogP) is -0.107. The highest BCUT2D eigenvalue weighted by atomic mass is 16.5. The van der Waals surface area contributed by atoms with Crippen molar-refractivity contribution in [2.45, 2.75) is 25.5 Å². The summed E-state index contributed by atoms with van der Waals surface area (Å²) < 4.78 is 4.97. The molecule has 0 saturated carbocycles. The highest BCUT2D eigenvalue weighted by Gasteiger charge is 2.16. The maximum atomic E-state index is 11.4. The van der Waals surface area contributed by atoms with E-state index < -0.39 is 18.0 Å². The van der Waals surface area contributed by atoms with Crippen molar-refractivity contribution >= 4 is 11.9 Å². The van der Waals surface area contributed by atoms with E-state index in [2.05, 4.69) is 0 Å². The Morgan fingerprint density at radius 3 is 2.19 bits per heavy atom. The van der Waals surface area contributed by atoms with Gasteiger partial charge in [-0.25, -0.2) is 0 Å². The van der Waals surface area contributed by atoms with Gasteiger partial charge in [-0.1, -0.05) is 30.3 Å². The number of aliphatic carboxylic acids is 1. The van der Waals surface area contributed by atoms with E-state index in [1.807, 2.05) is 30.3 Å².